The lowest BCUT2D eigenvalue weighted by molar-refractivity contribution is -0.132. The number of H-pyrrole nitrogens is 1. The molecule has 2 aromatic carbocycles. The van der Waals surface area contributed by atoms with Crippen molar-refractivity contribution in [3.63, 3.8) is 0 Å². The minimum absolute atomic E-state index is 0.146. The number of amides is 1. The van der Waals surface area contributed by atoms with E-state index in [1.54, 1.807) is 23.1 Å². The van der Waals surface area contributed by atoms with E-state index in [-0.39, 0.29) is 17.3 Å². The first-order chi connectivity index (χ1) is 14.8. The van der Waals surface area contributed by atoms with Crippen LogP contribution in [-0.2, 0) is 14.8 Å². The normalized spacial score (nSPS) is 15.7. The summed E-state index contributed by atoms with van der Waals surface area (Å²) in [6, 6.07) is 13.3. The number of aromatic amines is 1. The molecule has 31 heavy (non-hydrogen) atoms. The van der Waals surface area contributed by atoms with Gasteiger partial charge >= 0.3 is 0 Å². The molecule has 0 bridgehead atoms. The van der Waals surface area contributed by atoms with Gasteiger partial charge in [0.25, 0.3) is 0 Å². The Balaban J connectivity index is 1.39. The van der Waals surface area contributed by atoms with Crippen molar-refractivity contribution in [2.75, 3.05) is 26.7 Å². The van der Waals surface area contributed by atoms with E-state index in [9.17, 15) is 13.2 Å². The fourth-order valence-corrected chi connectivity index (χ4v) is 5.51. The van der Waals surface area contributed by atoms with Crippen LogP contribution in [0.5, 0.6) is 0 Å². The van der Waals surface area contributed by atoms with Crippen molar-refractivity contribution in [3.05, 3.63) is 65.4 Å². The van der Waals surface area contributed by atoms with E-state index in [1.165, 1.54) is 18.0 Å². The van der Waals surface area contributed by atoms with Crippen LogP contribution in [0, 0.1) is 13.8 Å². The Bertz CT molecular complexity index is 1210. The molecule has 1 aliphatic rings. The van der Waals surface area contributed by atoms with E-state index in [1.807, 2.05) is 26.0 Å². The molecule has 1 aliphatic heterocycles. The number of nitrogens with zero attached hydrogens (tertiary/aromatic N) is 2. The molecule has 0 saturated carbocycles. The second-order valence-corrected chi connectivity index (χ2v) is 10.5. The number of aryl methyl sites for hydroxylation is 2. The Kier molecular flexibility index (Phi) is 5.90. The Hall–Kier alpha value is -2.64. The molecule has 1 aromatic heterocycles. The predicted molar refractivity (Wildman–Crippen MR) is 123 cm³/mol. The fraction of sp³-hybridized carbons (Fsp3) is 0.375. The maximum Gasteiger partial charge on any atom is 0.243 e. The molecule has 7 heteroatoms. The molecule has 2 heterocycles. The summed E-state index contributed by atoms with van der Waals surface area (Å²) in [6.07, 6.45) is 3.83. The number of rotatable bonds is 5. The van der Waals surface area contributed by atoms with Crippen LogP contribution in [0.2, 0.25) is 0 Å². The van der Waals surface area contributed by atoms with Gasteiger partial charge in [-0.05, 0) is 67.5 Å². The van der Waals surface area contributed by atoms with Crippen LogP contribution >= 0.6 is 0 Å². The lowest BCUT2D eigenvalue weighted by Crippen LogP contribution is -2.44. The topological polar surface area (TPSA) is 73.5 Å². The Morgan fingerprint density at radius 1 is 1.10 bits per heavy atom. The molecule has 6 nitrogen and oxygen atoms in total. The van der Waals surface area contributed by atoms with Crippen LogP contribution in [0.3, 0.4) is 0 Å². The summed E-state index contributed by atoms with van der Waals surface area (Å²) in [6.45, 7) is 4.96. The summed E-state index contributed by atoms with van der Waals surface area (Å²) in [4.78, 5) is 18.2. The number of hydrogen-bond acceptors (Lipinski definition) is 3. The molecule has 0 unspecified atom stereocenters. The van der Waals surface area contributed by atoms with Crippen LogP contribution in [0.15, 0.2) is 53.6 Å². The highest BCUT2D eigenvalue weighted by atomic mass is 32.2. The zero-order valence-corrected chi connectivity index (χ0v) is 19.1. The first-order valence-electron chi connectivity index (χ1n) is 10.6. The molecular weight excluding hydrogens is 410 g/mol. The van der Waals surface area contributed by atoms with Crippen molar-refractivity contribution in [3.8, 4) is 0 Å². The Morgan fingerprint density at radius 2 is 1.81 bits per heavy atom. The van der Waals surface area contributed by atoms with Gasteiger partial charge in [-0.15, -0.1) is 0 Å². The highest BCUT2D eigenvalue weighted by Gasteiger charge is 2.29. The highest BCUT2D eigenvalue weighted by Crippen LogP contribution is 2.33. The van der Waals surface area contributed by atoms with Crippen molar-refractivity contribution >= 4 is 26.8 Å². The second kappa shape index (κ2) is 8.48. The Labute approximate surface area is 183 Å². The number of nitrogens with one attached hydrogen (secondary N) is 1. The molecule has 0 spiro atoms. The number of likely N-dealkylation sites (tertiary alicyclic amines) is 1. The van der Waals surface area contributed by atoms with Crippen LogP contribution in [-0.4, -0.2) is 55.2 Å². The summed E-state index contributed by atoms with van der Waals surface area (Å²) in [5.41, 5.74) is 4.39. The zero-order chi connectivity index (χ0) is 22.2. The minimum Gasteiger partial charge on any atom is -0.361 e. The minimum atomic E-state index is -3.70. The van der Waals surface area contributed by atoms with Crippen molar-refractivity contribution in [1.29, 1.82) is 0 Å². The van der Waals surface area contributed by atoms with E-state index in [2.05, 4.69) is 23.3 Å². The summed E-state index contributed by atoms with van der Waals surface area (Å²) in [5, 5.41) is 1.24. The smallest absolute Gasteiger partial charge is 0.243 e. The van der Waals surface area contributed by atoms with Gasteiger partial charge in [0.15, 0.2) is 0 Å². The summed E-state index contributed by atoms with van der Waals surface area (Å²) < 4.78 is 27.0. The number of likely N-dealkylation sites (N-methyl/N-ethyl adjacent to an activating group) is 1. The molecule has 1 amide bonds. The first-order valence-corrected chi connectivity index (χ1v) is 12.1. The standard InChI is InChI=1S/C24H29N3O3S/c1-17-8-9-20(14-18(17)2)31(29,30)26(3)16-24(28)27-12-10-19(11-13-27)22-15-25-23-7-5-4-6-21(22)23/h4-9,14-15,19,25H,10-13,16H2,1-3H3. The molecule has 164 valence electrons. The maximum atomic E-state index is 12.9. The van der Waals surface area contributed by atoms with Gasteiger partial charge in [0.2, 0.25) is 15.9 Å². The third-order valence-corrected chi connectivity index (χ3v) is 8.25. The van der Waals surface area contributed by atoms with Gasteiger partial charge in [-0.2, -0.15) is 4.31 Å². The van der Waals surface area contributed by atoms with Gasteiger partial charge in [-0.25, -0.2) is 8.42 Å². The summed E-state index contributed by atoms with van der Waals surface area (Å²) >= 11 is 0. The summed E-state index contributed by atoms with van der Waals surface area (Å²) in [7, 11) is -2.23. The van der Waals surface area contributed by atoms with Gasteiger partial charge < -0.3 is 9.88 Å². The maximum absolute atomic E-state index is 12.9. The molecule has 3 aromatic rings. The van der Waals surface area contributed by atoms with E-state index in [0.29, 0.717) is 19.0 Å². The molecule has 0 atom stereocenters. The zero-order valence-electron chi connectivity index (χ0n) is 18.3. The lowest BCUT2D eigenvalue weighted by atomic mass is 9.89. The van der Waals surface area contributed by atoms with Gasteiger partial charge in [0.1, 0.15) is 0 Å². The molecule has 0 aliphatic carbocycles. The molecule has 1 N–H and O–H groups in total. The van der Waals surface area contributed by atoms with Gasteiger partial charge in [-0.3, -0.25) is 4.79 Å². The van der Waals surface area contributed by atoms with Crippen molar-refractivity contribution in [2.45, 2.75) is 37.5 Å². The van der Waals surface area contributed by atoms with E-state index >= 15 is 0 Å². The number of aromatic nitrogens is 1. The largest absolute Gasteiger partial charge is 0.361 e. The van der Waals surface area contributed by atoms with Crippen molar-refractivity contribution in [2.24, 2.45) is 0 Å². The monoisotopic (exact) mass is 439 g/mol. The van der Waals surface area contributed by atoms with Crippen LogP contribution in [0.25, 0.3) is 10.9 Å². The number of benzene rings is 2. The predicted octanol–water partition coefficient (Wildman–Crippen LogP) is 3.81. The Morgan fingerprint density at radius 3 is 2.52 bits per heavy atom. The van der Waals surface area contributed by atoms with E-state index in [0.717, 1.165) is 33.8 Å². The third kappa shape index (κ3) is 4.25. The molecule has 1 fully saturated rings. The number of sulfonamides is 1. The number of piperidine rings is 1. The van der Waals surface area contributed by atoms with E-state index < -0.39 is 10.0 Å². The molecular formula is C24H29N3O3S. The first kappa shape index (κ1) is 21.6. The van der Waals surface area contributed by atoms with Crippen LogP contribution in [0.1, 0.15) is 35.4 Å². The second-order valence-electron chi connectivity index (χ2n) is 8.45. The number of para-hydroxylation sites is 1. The van der Waals surface area contributed by atoms with Gasteiger partial charge in [0, 0.05) is 37.2 Å². The van der Waals surface area contributed by atoms with Crippen LogP contribution in [0.4, 0.5) is 0 Å². The van der Waals surface area contributed by atoms with Crippen molar-refractivity contribution in [1.82, 2.24) is 14.2 Å². The fourth-order valence-electron chi connectivity index (χ4n) is 4.30. The molecule has 4 rings (SSSR count). The number of carbonyl (C=O) groups excluding carboxylic acids is 1. The number of hydrogen-bond donors (Lipinski definition) is 1. The lowest BCUT2D eigenvalue weighted by Gasteiger charge is -2.33. The number of fused-ring (bicyclic) bond motifs is 1. The quantitative estimate of drug-likeness (QED) is 0.657. The summed E-state index contributed by atoms with van der Waals surface area (Å²) in [5.74, 6) is 0.254. The van der Waals surface area contributed by atoms with Crippen LogP contribution < -0.4 is 0 Å². The average molecular weight is 440 g/mol. The SMILES string of the molecule is Cc1ccc(S(=O)(=O)N(C)CC(=O)N2CCC(c3c[nH]c4ccccc34)CC2)cc1C. The van der Waals surface area contributed by atoms with E-state index in [4.69, 9.17) is 0 Å². The van der Waals surface area contributed by atoms with Gasteiger partial charge in [0.05, 0.1) is 11.4 Å². The molecule has 0 radical (unpaired) electrons. The average Bonchev–Trinajstić information content (AvgIpc) is 3.19. The van der Waals surface area contributed by atoms with Gasteiger partial charge in [-0.1, -0.05) is 24.3 Å². The number of carbonyl (C=O) groups is 1. The third-order valence-electron chi connectivity index (χ3n) is 6.45. The highest BCUT2D eigenvalue weighted by molar-refractivity contribution is 7.89. The molecule has 1 saturated heterocycles. The van der Waals surface area contributed by atoms with Crippen molar-refractivity contribution < 1.29 is 13.2 Å².